The van der Waals surface area contributed by atoms with Crippen molar-refractivity contribution in [3.8, 4) is 0 Å². The number of hydrogen-bond acceptors (Lipinski definition) is 6. The van der Waals surface area contributed by atoms with Crippen molar-refractivity contribution >= 4 is 17.9 Å². The molecule has 0 radical (unpaired) electrons. The molecular formula is C67H118O6. The maximum atomic E-state index is 12.9. The van der Waals surface area contributed by atoms with Gasteiger partial charge in [0.1, 0.15) is 13.2 Å². The van der Waals surface area contributed by atoms with Gasteiger partial charge in [0, 0.05) is 19.3 Å². The van der Waals surface area contributed by atoms with Crippen LogP contribution in [0.5, 0.6) is 0 Å². The lowest BCUT2D eigenvalue weighted by Crippen LogP contribution is -2.30. The minimum Gasteiger partial charge on any atom is -0.462 e. The second kappa shape index (κ2) is 61.4. The predicted molar refractivity (Wildman–Crippen MR) is 316 cm³/mol. The molecule has 0 heterocycles. The number of ether oxygens (including phenoxy) is 3. The fraction of sp³-hybridized carbons (Fsp3) is 0.776. The van der Waals surface area contributed by atoms with E-state index in [2.05, 4.69) is 93.7 Å². The molecule has 0 aliphatic heterocycles. The first-order valence-corrected chi connectivity index (χ1v) is 31.4. The smallest absolute Gasteiger partial charge is 0.306 e. The van der Waals surface area contributed by atoms with Crippen molar-refractivity contribution in [1.29, 1.82) is 0 Å². The number of carbonyl (C=O) groups is 3. The largest absolute Gasteiger partial charge is 0.462 e. The summed E-state index contributed by atoms with van der Waals surface area (Å²) < 4.78 is 16.9. The van der Waals surface area contributed by atoms with Gasteiger partial charge in [-0.15, -0.1) is 0 Å². The van der Waals surface area contributed by atoms with Gasteiger partial charge in [0.2, 0.25) is 0 Å². The van der Waals surface area contributed by atoms with Gasteiger partial charge in [0.05, 0.1) is 0 Å². The summed E-state index contributed by atoms with van der Waals surface area (Å²) in [5.74, 6) is -0.914. The maximum Gasteiger partial charge on any atom is 0.306 e. The van der Waals surface area contributed by atoms with Crippen LogP contribution in [0, 0.1) is 0 Å². The van der Waals surface area contributed by atoms with Crippen LogP contribution in [0.25, 0.3) is 0 Å². The Morgan fingerprint density at radius 1 is 0.288 bits per heavy atom. The highest BCUT2D eigenvalue weighted by Gasteiger charge is 2.19. The van der Waals surface area contributed by atoms with E-state index in [4.69, 9.17) is 14.2 Å². The van der Waals surface area contributed by atoms with Gasteiger partial charge in [-0.05, 0) is 83.5 Å². The first kappa shape index (κ1) is 69.8. The summed E-state index contributed by atoms with van der Waals surface area (Å²) in [6.45, 7) is 6.42. The van der Waals surface area contributed by atoms with Crippen LogP contribution in [0.4, 0.5) is 0 Å². The molecule has 0 saturated carbocycles. The zero-order valence-electron chi connectivity index (χ0n) is 48.4. The zero-order chi connectivity index (χ0) is 52.9. The lowest BCUT2D eigenvalue weighted by molar-refractivity contribution is -0.167. The van der Waals surface area contributed by atoms with Crippen LogP contribution in [0.3, 0.4) is 0 Å². The Bertz CT molecular complexity index is 1360. The number of esters is 3. The maximum absolute atomic E-state index is 12.9. The van der Waals surface area contributed by atoms with Crippen molar-refractivity contribution in [3.63, 3.8) is 0 Å². The van der Waals surface area contributed by atoms with Crippen LogP contribution in [-0.2, 0) is 28.6 Å². The van der Waals surface area contributed by atoms with Gasteiger partial charge in [-0.2, -0.15) is 0 Å². The second-order valence-corrected chi connectivity index (χ2v) is 20.9. The standard InChI is InChI=1S/C67H118O6/c1-4-7-10-13-16-19-22-25-27-29-30-31-32-33-34-35-36-38-39-42-45-48-51-54-57-60-66(69)72-63-64(62-71-65(68)59-56-53-50-47-44-41-24-21-18-15-12-9-6-3)73-67(70)61-58-55-52-49-46-43-40-37-28-26-23-20-17-14-11-8-5-2/h8-9,11-12,17-18,20-21,26,28,41,44,64H,4-7,10,13-16,19,22-25,27,29-40,42-43,45-63H2,1-3H3/b11-8-,12-9-,20-17-,21-18-,28-26-,44-41-. The molecule has 0 N–H and O–H groups in total. The molecule has 1 unspecified atom stereocenters. The summed E-state index contributed by atoms with van der Waals surface area (Å²) in [4.78, 5) is 38.2. The number of hydrogen-bond donors (Lipinski definition) is 0. The molecule has 73 heavy (non-hydrogen) atoms. The van der Waals surface area contributed by atoms with Gasteiger partial charge in [0.25, 0.3) is 0 Å². The third kappa shape index (κ3) is 59.6. The molecule has 0 rings (SSSR count). The van der Waals surface area contributed by atoms with Crippen LogP contribution in [-0.4, -0.2) is 37.2 Å². The van der Waals surface area contributed by atoms with Crippen molar-refractivity contribution in [3.05, 3.63) is 72.9 Å². The van der Waals surface area contributed by atoms with Crippen molar-refractivity contribution in [1.82, 2.24) is 0 Å². The minimum atomic E-state index is -0.792. The zero-order valence-corrected chi connectivity index (χ0v) is 48.4. The summed E-state index contributed by atoms with van der Waals surface area (Å²) in [6.07, 6.45) is 79.2. The van der Waals surface area contributed by atoms with E-state index in [0.29, 0.717) is 19.3 Å². The summed E-state index contributed by atoms with van der Waals surface area (Å²) in [6, 6.07) is 0. The third-order valence-corrected chi connectivity index (χ3v) is 13.7. The average Bonchev–Trinajstić information content (AvgIpc) is 3.39. The van der Waals surface area contributed by atoms with E-state index in [1.807, 2.05) is 0 Å². The van der Waals surface area contributed by atoms with Gasteiger partial charge < -0.3 is 14.2 Å². The fourth-order valence-corrected chi connectivity index (χ4v) is 9.06. The van der Waals surface area contributed by atoms with E-state index < -0.39 is 6.10 Å². The van der Waals surface area contributed by atoms with Crippen molar-refractivity contribution in [2.24, 2.45) is 0 Å². The molecule has 0 aliphatic rings. The molecule has 0 aromatic heterocycles. The normalized spacial score (nSPS) is 12.5. The topological polar surface area (TPSA) is 78.9 Å². The first-order valence-electron chi connectivity index (χ1n) is 31.4. The lowest BCUT2D eigenvalue weighted by atomic mass is 10.0. The fourth-order valence-electron chi connectivity index (χ4n) is 9.06. The molecule has 422 valence electrons. The third-order valence-electron chi connectivity index (χ3n) is 13.7. The molecule has 0 spiro atoms. The van der Waals surface area contributed by atoms with Gasteiger partial charge in [-0.3, -0.25) is 14.4 Å². The predicted octanol–water partition coefficient (Wildman–Crippen LogP) is 21.3. The molecule has 0 amide bonds. The van der Waals surface area contributed by atoms with E-state index in [1.54, 1.807) is 0 Å². The molecule has 6 heteroatoms. The molecule has 0 aromatic rings. The molecule has 0 fully saturated rings. The van der Waals surface area contributed by atoms with E-state index in [0.717, 1.165) is 109 Å². The quantitative estimate of drug-likeness (QED) is 0.0261. The van der Waals surface area contributed by atoms with Crippen molar-refractivity contribution in [2.75, 3.05) is 13.2 Å². The summed E-state index contributed by atoms with van der Waals surface area (Å²) >= 11 is 0. The summed E-state index contributed by atoms with van der Waals surface area (Å²) in [5.41, 5.74) is 0. The average molecular weight is 1020 g/mol. The highest BCUT2D eigenvalue weighted by atomic mass is 16.6. The summed E-state index contributed by atoms with van der Waals surface area (Å²) in [7, 11) is 0. The Morgan fingerprint density at radius 3 is 0.849 bits per heavy atom. The first-order chi connectivity index (χ1) is 36.0. The van der Waals surface area contributed by atoms with Gasteiger partial charge in [0.15, 0.2) is 6.10 Å². The van der Waals surface area contributed by atoms with Gasteiger partial charge in [-0.1, -0.05) is 286 Å². The Morgan fingerprint density at radius 2 is 0.534 bits per heavy atom. The van der Waals surface area contributed by atoms with Crippen LogP contribution in [0.1, 0.15) is 316 Å². The minimum absolute atomic E-state index is 0.0865. The number of carbonyl (C=O) groups excluding carboxylic acids is 3. The van der Waals surface area contributed by atoms with E-state index in [-0.39, 0.29) is 31.1 Å². The molecule has 0 bridgehead atoms. The molecule has 1 atom stereocenters. The van der Waals surface area contributed by atoms with E-state index in [9.17, 15) is 14.4 Å². The lowest BCUT2D eigenvalue weighted by Gasteiger charge is -2.18. The number of unbranched alkanes of at least 4 members (excludes halogenated alkanes) is 34. The van der Waals surface area contributed by atoms with Gasteiger partial charge in [-0.25, -0.2) is 0 Å². The van der Waals surface area contributed by atoms with Crippen molar-refractivity contribution < 1.29 is 28.6 Å². The highest BCUT2D eigenvalue weighted by molar-refractivity contribution is 5.71. The number of allylic oxidation sites excluding steroid dienone is 12. The molecule has 6 nitrogen and oxygen atoms in total. The molecule has 0 saturated heterocycles. The van der Waals surface area contributed by atoms with Crippen LogP contribution < -0.4 is 0 Å². The van der Waals surface area contributed by atoms with Crippen LogP contribution in [0.2, 0.25) is 0 Å². The Balaban J connectivity index is 4.27. The van der Waals surface area contributed by atoms with E-state index >= 15 is 0 Å². The molecule has 0 aliphatic carbocycles. The molecular weight excluding hydrogens is 901 g/mol. The Kier molecular flexibility index (Phi) is 58.7. The number of rotatable bonds is 57. The monoisotopic (exact) mass is 1020 g/mol. The van der Waals surface area contributed by atoms with Crippen LogP contribution >= 0.6 is 0 Å². The molecule has 0 aromatic carbocycles. The van der Waals surface area contributed by atoms with Crippen LogP contribution in [0.15, 0.2) is 72.9 Å². The Labute approximate surface area is 453 Å². The van der Waals surface area contributed by atoms with E-state index in [1.165, 1.54) is 167 Å². The van der Waals surface area contributed by atoms with Crippen molar-refractivity contribution in [2.45, 2.75) is 322 Å². The SMILES string of the molecule is CC/C=C\C/C=C\C/C=C\CCCCCCCCCC(=O)OC(COC(=O)CCCCC/C=C\C/C=C\C/C=C\CC)COC(=O)CCCCCCCCCCCCCCCCCCCCCCCCCCC. The second-order valence-electron chi connectivity index (χ2n) is 20.9. The Hall–Kier alpha value is -3.15. The highest BCUT2D eigenvalue weighted by Crippen LogP contribution is 2.17. The summed E-state index contributed by atoms with van der Waals surface area (Å²) in [5, 5.41) is 0. The van der Waals surface area contributed by atoms with Gasteiger partial charge >= 0.3 is 17.9 Å².